The number of hydrogen-bond donors (Lipinski definition) is 1. The van der Waals surface area contributed by atoms with E-state index < -0.39 is 0 Å². The van der Waals surface area contributed by atoms with E-state index in [1.807, 2.05) is 13.0 Å². The summed E-state index contributed by atoms with van der Waals surface area (Å²) in [6.45, 7) is 4.23. The number of aryl methyl sites for hydroxylation is 1. The summed E-state index contributed by atoms with van der Waals surface area (Å²) in [6.07, 6.45) is 5.90. The molecule has 2 rings (SSSR count). The van der Waals surface area contributed by atoms with Crippen molar-refractivity contribution in [3.63, 3.8) is 0 Å². The summed E-state index contributed by atoms with van der Waals surface area (Å²) in [7, 11) is 0. The van der Waals surface area contributed by atoms with Gasteiger partial charge in [0, 0.05) is 0 Å². The highest BCUT2D eigenvalue weighted by Crippen LogP contribution is 2.34. The second-order valence-electron chi connectivity index (χ2n) is 4.24. The van der Waals surface area contributed by atoms with Gasteiger partial charge in [0.25, 0.3) is 0 Å². The normalized spacial score (nSPS) is 14.4. The molecule has 1 aliphatic rings. The van der Waals surface area contributed by atoms with Crippen LogP contribution in [0.25, 0.3) is 0 Å². The molecule has 0 spiro atoms. The van der Waals surface area contributed by atoms with Crippen LogP contribution >= 0.6 is 0 Å². The van der Waals surface area contributed by atoms with Crippen molar-refractivity contribution in [3.8, 4) is 5.75 Å². The monoisotopic (exact) mass is 190 g/mol. The van der Waals surface area contributed by atoms with Gasteiger partial charge in [0.2, 0.25) is 0 Å². The number of phenolic OH excluding ortho intramolecular Hbond substituents is 1. The fraction of sp³-hybridized carbons (Fsp3) is 0.538. The van der Waals surface area contributed by atoms with Crippen LogP contribution in [0.2, 0.25) is 0 Å². The highest BCUT2D eigenvalue weighted by molar-refractivity contribution is 5.50. The highest BCUT2D eigenvalue weighted by Gasteiger charge is 2.18. The molecule has 0 atom stereocenters. The molecule has 0 unspecified atom stereocenters. The standard InChI is InChI=1S/C13H18O/c1-3-5-10-8-13(14)9(2)11-6-4-7-12(10)11/h8,14H,3-7H2,1-2H3. The second-order valence-corrected chi connectivity index (χ2v) is 4.24. The van der Waals surface area contributed by atoms with Crippen LogP contribution in [-0.4, -0.2) is 5.11 Å². The summed E-state index contributed by atoms with van der Waals surface area (Å²) in [6, 6.07) is 1.98. The highest BCUT2D eigenvalue weighted by atomic mass is 16.3. The summed E-state index contributed by atoms with van der Waals surface area (Å²) in [5, 5.41) is 9.79. The summed E-state index contributed by atoms with van der Waals surface area (Å²) in [5.74, 6) is 0.495. The Hall–Kier alpha value is -0.980. The molecule has 1 heteroatoms. The van der Waals surface area contributed by atoms with Gasteiger partial charge < -0.3 is 5.11 Å². The van der Waals surface area contributed by atoms with E-state index in [1.165, 1.54) is 29.5 Å². The quantitative estimate of drug-likeness (QED) is 0.759. The third kappa shape index (κ3) is 1.41. The molecule has 0 radical (unpaired) electrons. The van der Waals surface area contributed by atoms with Crippen molar-refractivity contribution in [1.82, 2.24) is 0 Å². The van der Waals surface area contributed by atoms with Gasteiger partial charge in [-0.3, -0.25) is 0 Å². The predicted molar refractivity (Wildman–Crippen MR) is 58.9 cm³/mol. The Bertz CT molecular complexity index is 353. The van der Waals surface area contributed by atoms with Gasteiger partial charge in [0.15, 0.2) is 0 Å². The van der Waals surface area contributed by atoms with Crippen LogP contribution in [0.3, 0.4) is 0 Å². The van der Waals surface area contributed by atoms with Gasteiger partial charge in [-0.25, -0.2) is 0 Å². The van der Waals surface area contributed by atoms with Gasteiger partial charge >= 0.3 is 0 Å². The van der Waals surface area contributed by atoms with Gasteiger partial charge in [-0.2, -0.15) is 0 Å². The van der Waals surface area contributed by atoms with Gasteiger partial charge in [-0.15, -0.1) is 0 Å². The van der Waals surface area contributed by atoms with Crippen LogP contribution in [0, 0.1) is 6.92 Å². The lowest BCUT2D eigenvalue weighted by Gasteiger charge is -2.12. The molecule has 1 aromatic carbocycles. The smallest absolute Gasteiger partial charge is 0.119 e. The third-order valence-electron chi connectivity index (χ3n) is 3.27. The van der Waals surface area contributed by atoms with Crippen molar-refractivity contribution in [2.75, 3.05) is 0 Å². The van der Waals surface area contributed by atoms with Crippen LogP contribution < -0.4 is 0 Å². The van der Waals surface area contributed by atoms with Crippen molar-refractivity contribution in [3.05, 3.63) is 28.3 Å². The molecule has 1 N–H and O–H groups in total. The zero-order chi connectivity index (χ0) is 10.1. The number of fused-ring (bicyclic) bond motifs is 1. The van der Waals surface area contributed by atoms with Crippen molar-refractivity contribution in [2.45, 2.75) is 46.0 Å². The van der Waals surface area contributed by atoms with Crippen molar-refractivity contribution < 1.29 is 5.11 Å². The molecule has 1 aromatic rings. The maximum absolute atomic E-state index is 9.79. The van der Waals surface area contributed by atoms with E-state index in [0.29, 0.717) is 5.75 Å². The summed E-state index contributed by atoms with van der Waals surface area (Å²) < 4.78 is 0. The van der Waals surface area contributed by atoms with Crippen molar-refractivity contribution >= 4 is 0 Å². The van der Waals surface area contributed by atoms with Crippen LogP contribution in [0.15, 0.2) is 6.07 Å². The zero-order valence-corrected chi connectivity index (χ0v) is 9.06. The molecular weight excluding hydrogens is 172 g/mol. The Morgan fingerprint density at radius 3 is 2.71 bits per heavy atom. The number of rotatable bonds is 2. The van der Waals surface area contributed by atoms with E-state index in [0.717, 1.165) is 24.8 Å². The fourth-order valence-electron chi connectivity index (χ4n) is 2.52. The van der Waals surface area contributed by atoms with Gasteiger partial charge in [0.05, 0.1) is 0 Å². The Morgan fingerprint density at radius 2 is 2.00 bits per heavy atom. The van der Waals surface area contributed by atoms with Crippen molar-refractivity contribution in [2.24, 2.45) is 0 Å². The minimum atomic E-state index is 0.495. The molecule has 0 amide bonds. The lowest BCUT2D eigenvalue weighted by atomic mass is 9.95. The van der Waals surface area contributed by atoms with Gasteiger partial charge in [0.1, 0.15) is 5.75 Å². The predicted octanol–water partition coefficient (Wildman–Crippen LogP) is 3.14. The first-order valence-corrected chi connectivity index (χ1v) is 5.57. The maximum Gasteiger partial charge on any atom is 0.119 e. The lowest BCUT2D eigenvalue weighted by Crippen LogP contribution is -1.96. The summed E-state index contributed by atoms with van der Waals surface area (Å²) in [4.78, 5) is 0. The fourth-order valence-corrected chi connectivity index (χ4v) is 2.52. The molecule has 0 saturated carbocycles. The average Bonchev–Trinajstić information content (AvgIpc) is 2.63. The Morgan fingerprint density at radius 1 is 1.29 bits per heavy atom. The molecule has 0 fully saturated rings. The molecule has 0 heterocycles. The Kier molecular flexibility index (Phi) is 2.49. The van der Waals surface area contributed by atoms with Crippen molar-refractivity contribution in [1.29, 1.82) is 0 Å². The third-order valence-corrected chi connectivity index (χ3v) is 3.27. The molecule has 1 aliphatic carbocycles. The molecule has 14 heavy (non-hydrogen) atoms. The molecule has 1 nitrogen and oxygen atoms in total. The van der Waals surface area contributed by atoms with Crippen LogP contribution in [-0.2, 0) is 19.3 Å². The molecule has 76 valence electrons. The Labute approximate surface area is 85.8 Å². The number of benzene rings is 1. The maximum atomic E-state index is 9.79. The second kappa shape index (κ2) is 3.64. The first-order valence-electron chi connectivity index (χ1n) is 5.57. The van der Waals surface area contributed by atoms with E-state index in [1.54, 1.807) is 0 Å². The van der Waals surface area contributed by atoms with Crippen LogP contribution in [0.5, 0.6) is 5.75 Å². The number of phenols is 1. The van der Waals surface area contributed by atoms with E-state index >= 15 is 0 Å². The topological polar surface area (TPSA) is 20.2 Å². The number of aromatic hydroxyl groups is 1. The molecule has 0 bridgehead atoms. The van der Waals surface area contributed by atoms with Crippen LogP contribution in [0.4, 0.5) is 0 Å². The lowest BCUT2D eigenvalue weighted by molar-refractivity contribution is 0.469. The summed E-state index contributed by atoms with van der Waals surface area (Å²) >= 11 is 0. The first kappa shape index (κ1) is 9.57. The van der Waals surface area contributed by atoms with E-state index in [2.05, 4.69) is 6.92 Å². The average molecular weight is 190 g/mol. The largest absolute Gasteiger partial charge is 0.508 e. The SMILES string of the molecule is CCCc1cc(O)c(C)c2c1CCC2. The molecular formula is C13H18O. The zero-order valence-electron chi connectivity index (χ0n) is 9.06. The minimum absolute atomic E-state index is 0.495. The summed E-state index contributed by atoms with van der Waals surface area (Å²) in [5.41, 5.74) is 5.44. The molecule has 0 aliphatic heterocycles. The minimum Gasteiger partial charge on any atom is -0.508 e. The Balaban J connectivity index is 2.52. The molecule has 0 aromatic heterocycles. The van der Waals surface area contributed by atoms with E-state index in [9.17, 15) is 5.11 Å². The molecule has 0 saturated heterocycles. The van der Waals surface area contributed by atoms with E-state index in [4.69, 9.17) is 0 Å². The van der Waals surface area contributed by atoms with Gasteiger partial charge in [-0.1, -0.05) is 13.3 Å². The van der Waals surface area contributed by atoms with Gasteiger partial charge in [-0.05, 0) is 60.9 Å². The number of hydrogen-bond acceptors (Lipinski definition) is 1. The first-order chi connectivity index (χ1) is 6.74. The van der Waals surface area contributed by atoms with Crippen LogP contribution in [0.1, 0.15) is 42.0 Å². The van der Waals surface area contributed by atoms with E-state index in [-0.39, 0.29) is 0 Å².